The van der Waals surface area contributed by atoms with Gasteiger partial charge >= 0.3 is 0 Å². The molecule has 1 aliphatic rings. The minimum Gasteiger partial charge on any atom is -0.508 e. The molecule has 15 heavy (non-hydrogen) atoms. The molecule has 3 heteroatoms. The highest BCUT2D eigenvalue weighted by Gasteiger charge is 2.24. The predicted octanol–water partition coefficient (Wildman–Crippen LogP) is 1.48. The van der Waals surface area contributed by atoms with Crippen molar-refractivity contribution in [1.29, 1.82) is 0 Å². The normalized spacial score (nSPS) is 25.7. The summed E-state index contributed by atoms with van der Waals surface area (Å²) in [6, 6.07) is 7.96. The summed E-state index contributed by atoms with van der Waals surface area (Å²) < 4.78 is 5.13. The molecule has 1 heterocycles. The fourth-order valence-corrected chi connectivity index (χ4v) is 2.15. The van der Waals surface area contributed by atoms with Crippen LogP contribution in [0.15, 0.2) is 24.3 Å². The first-order valence-corrected chi connectivity index (χ1v) is 5.31. The van der Waals surface area contributed by atoms with Crippen LogP contribution in [0.25, 0.3) is 0 Å². The van der Waals surface area contributed by atoms with Gasteiger partial charge in [-0.15, -0.1) is 0 Å². The van der Waals surface area contributed by atoms with Crippen LogP contribution in [0.4, 0.5) is 0 Å². The molecule has 0 spiro atoms. The van der Waals surface area contributed by atoms with Gasteiger partial charge in [0.2, 0.25) is 0 Å². The quantitative estimate of drug-likeness (QED) is 0.789. The van der Waals surface area contributed by atoms with Crippen molar-refractivity contribution in [3.05, 3.63) is 29.8 Å². The molecule has 1 saturated heterocycles. The van der Waals surface area contributed by atoms with Crippen molar-refractivity contribution in [2.24, 2.45) is 0 Å². The molecule has 1 aliphatic heterocycles. The molecule has 2 rings (SSSR count). The average molecular weight is 207 g/mol. The first kappa shape index (κ1) is 10.5. The van der Waals surface area contributed by atoms with E-state index in [0.717, 1.165) is 19.6 Å². The molecule has 2 unspecified atom stereocenters. The maximum absolute atomic E-state index is 9.20. The van der Waals surface area contributed by atoms with E-state index in [1.807, 2.05) is 12.1 Å². The van der Waals surface area contributed by atoms with E-state index >= 15 is 0 Å². The topological polar surface area (TPSA) is 41.5 Å². The summed E-state index contributed by atoms with van der Waals surface area (Å²) >= 11 is 0. The van der Waals surface area contributed by atoms with Gasteiger partial charge in [-0.25, -0.2) is 0 Å². The molecule has 1 aromatic carbocycles. The van der Waals surface area contributed by atoms with Crippen LogP contribution >= 0.6 is 0 Å². The minimum absolute atomic E-state index is 0.332. The minimum atomic E-state index is 0.332. The van der Waals surface area contributed by atoms with Crippen LogP contribution in [0, 0.1) is 0 Å². The molecule has 0 aliphatic carbocycles. The zero-order valence-corrected chi connectivity index (χ0v) is 8.94. The van der Waals surface area contributed by atoms with Crippen molar-refractivity contribution < 1.29 is 9.84 Å². The number of ether oxygens (including phenoxy) is 1. The lowest BCUT2D eigenvalue weighted by Crippen LogP contribution is -2.25. The Balaban J connectivity index is 1.98. The number of rotatable bonds is 3. The monoisotopic (exact) mass is 207 g/mol. The van der Waals surface area contributed by atoms with E-state index in [-0.39, 0.29) is 0 Å². The number of phenolic OH excluding ortho intramolecular Hbond substituents is 1. The van der Waals surface area contributed by atoms with Gasteiger partial charge in [-0.05, 0) is 30.0 Å². The summed E-state index contributed by atoms with van der Waals surface area (Å²) in [4.78, 5) is 0. The molecule has 2 N–H and O–H groups in total. The zero-order chi connectivity index (χ0) is 10.7. The number of nitrogens with one attached hydrogen (secondary N) is 1. The Morgan fingerprint density at radius 3 is 2.80 bits per heavy atom. The maximum Gasteiger partial charge on any atom is 0.115 e. The number of hydrogen-bond acceptors (Lipinski definition) is 3. The molecule has 0 amide bonds. The van der Waals surface area contributed by atoms with Gasteiger partial charge < -0.3 is 15.2 Å². The third kappa shape index (κ3) is 2.49. The zero-order valence-electron chi connectivity index (χ0n) is 8.94. The van der Waals surface area contributed by atoms with E-state index in [4.69, 9.17) is 4.74 Å². The number of phenols is 1. The first-order valence-electron chi connectivity index (χ1n) is 5.31. The predicted molar refractivity (Wildman–Crippen MR) is 59.1 cm³/mol. The number of benzene rings is 1. The molecule has 2 atom stereocenters. The Hall–Kier alpha value is -1.06. The third-order valence-corrected chi connectivity index (χ3v) is 2.95. The number of methoxy groups -OCH3 is 1. The molecular formula is C12H17NO2. The maximum atomic E-state index is 9.20. The van der Waals surface area contributed by atoms with Crippen LogP contribution < -0.4 is 5.32 Å². The van der Waals surface area contributed by atoms with Gasteiger partial charge in [-0.2, -0.15) is 0 Å². The number of hydrogen-bond donors (Lipinski definition) is 2. The fraction of sp³-hybridized carbons (Fsp3) is 0.500. The molecular weight excluding hydrogens is 190 g/mol. The highest BCUT2D eigenvalue weighted by molar-refractivity contribution is 5.29. The van der Waals surface area contributed by atoms with Crippen molar-refractivity contribution in [3.8, 4) is 5.75 Å². The van der Waals surface area contributed by atoms with Crippen molar-refractivity contribution in [1.82, 2.24) is 5.32 Å². The number of aromatic hydroxyl groups is 1. The highest BCUT2D eigenvalue weighted by Crippen LogP contribution is 2.26. The second-order valence-corrected chi connectivity index (χ2v) is 4.08. The Morgan fingerprint density at radius 2 is 2.13 bits per heavy atom. The van der Waals surface area contributed by atoms with Gasteiger partial charge in [0.25, 0.3) is 0 Å². The van der Waals surface area contributed by atoms with Gasteiger partial charge in [-0.1, -0.05) is 12.1 Å². The van der Waals surface area contributed by atoms with Crippen molar-refractivity contribution in [2.75, 3.05) is 20.3 Å². The summed E-state index contributed by atoms with van der Waals surface area (Å²) in [6.45, 7) is 1.77. The third-order valence-electron chi connectivity index (χ3n) is 2.95. The van der Waals surface area contributed by atoms with Crippen molar-refractivity contribution in [3.63, 3.8) is 0 Å². The average Bonchev–Trinajstić information content (AvgIpc) is 2.68. The van der Waals surface area contributed by atoms with Gasteiger partial charge in [0.15, 0.2) is 0 Å². The summed E-state index contributed by atoms with van der Waals surface area (Å²) in [5, 5.41) is 12.6. The Kier molecular flexibility index (Phi) is 3.23. The van der Waals surface area contributed by atoms with Crippen molar-refractivity contribution >= 4 is 0 Å². The second kappa shape index (κ2) is 4.64. The van der Waals surface area contributed by atoms with E-state index in [2.05, 4.69) is 5.32 Å². The molecule has 0 radical (unpaired) electrons. The van der Waals surface area contributed by atoms with Gasteiger partial charge in [0.1, 0.15) is 5.75 Å². The lowest BCUT2D eigenvalue weighted by Gasteiger charge is -2.09. The van der Waals surface area contributed by atoms with Gasteiger partial charge in [0.05, 0.1) is 6.61 Å². The first-order chi connectivity index (χ1) is 7.29. The highest BCUT2D eigenvalue weighted by atomic mass is 16.5. The molecule has 1 aromatic rings. The molecule has 3 nitrogen and oxygen atoms in total. The standard InChI is InChI=1S/C12H17NO2/c1-15-8-11-6-10(7-13-11)9-2-4-12(14)5-3-9/h2-5,10-11,13-14H,6-8H2,1H3. The Labute approximate surface area is 90.1 Å². The van der Waals surface area contributed by atoms with Gasteiger partial charge in [-0.3, -0.25) is 0 Å². The summed E-state index contributed by atoms with van der Waals surface area (Å²) in [7, 11) is 1.73. The summed E-state index contributed by atoms with van der Waals surface area (Å²) in [6.07, 6.45) is 1.11. The van der Waals surface area contributed by atoms with Crippen LogP contribution in [-0.2, 0) is 4.74 Å². The van der Waals surface area contributed by atoms with E-state index in [9.17, 15) is 5.11 Å². The van der Waals surface area contributed by atoms with E-state index in [1.165, 1.54) is 5.56 Å². The van der Waals surface area contributed by atoms with Crippen molar-refractivity contribution in [2.45, 2.75) is 18.4 Å². The molecule has 82 valence electrons. The summed E-state index contributed by atoms with van der Waals surface area (Å²) in [5.41, 5.74) is 1.29. The smallest absolute Gasteiger partial charge is 0.115 e. The van der Waals surface area contributed by atoms with Crippen LogP contribution in [0.1, 0.15) is 17.9 Å². The molecule has 0 bridgehead atoms. The fourth-order valence-electron chi connectivity index (χ4n) is 2.15. The lowest BCUT2D eigenvalue weighted by molar-refractivity contribution is 0.173. The SMILES string of the molecule is COCC1CC(c2ccc(O)cc2)CN1. The van der Waals surface area contributed by atoms with E-state index in [0.29, 0.717) is 17.7 Å². The summed E-state index contributed by atoms with van der Waals surface area (Å²) in [5.74, 6) is 0.879. The largest absolute Gasteiger partial charge is 0.508 e. The molecule has 1 fully saturated rings. The Bertz CT molecular complexity index is 310. The van der Waals surface area contributed by atoms with Gasteiger partial charge in [0, 0.05) is 19.7 Å². The molecule has 0 aromatic heterocycles. The second-order valence-electron chi connectivity index (χ2n) is 4.08. The molecule has 0 saturated carbocycles. The Morgan fingerprint density at radius 1 is 1.40 bits per heavy atom. The van der Waals surface area contributed by atoms with Crippen LogP contribution in [-0.4, -0.2) is 31.4 Å². The van der Waals surface area contributed by atoms with Crippen LogP contribution in [0.3, 0.4) is 0 Å². The lowest BCUT2D eigenvalue weighted by atomic mass is 9.96. The van der Waals surface area contributed by atoms with Crippen LogP contribution in [0.5, 0.6) is 5.75 Å². The van der Waals surface area contributed by atoms with Crippen LogP contribution in [0.2, 0.25) is 0 Å². The van der Waals surface area contributed by atoms with E-state index in [1.54, 1.807) is 19.2 Å². The van der Waals surface area contributed by atoms with E-state index < -0.39 is 0 Å².